The highest BCUT2D eigenvalue weighted by molar-refractivity contribution is 7.96. The van der Waals surface area contributed by atoms with Crippen LogP contribution in [0.25, 0.3) is 64.6 Å². The summed E-state index contributed by atoms with van der Waals surface area (Å²) in [5.41, 5.74) is -19.7. The van der Waals surface area contributed by atoms with Crippen LogP contribution in [-0.2, 0) is 0 Å². The first-order valence-electron chi connectivity index (χ1n) is 13.1. The molecule has 0 N–H and O–H groups in total. The summed E-state index contributed by atoms with van der Waals surface area (Å²) in [6.07, 6.45) is 0. The quantitative estimate of drug-likeness (QED) is 0.0643. The van der Waals surface area contributed by atoms with Crippen molar-refractivity contribution < 1.29 is 69.4 Å². The number of halogens is 12. The van der Waals surface area contributed by atoms with E-state index in [1.165, 1.54) is 48.5 Å². The van der Waals surface area contributed by atoms with Crippen LogP contribution in [0.2, 0.25) is 0 Å². The van der Waals surface area contributed by atoms with Crippen LogP contribution < -0.4 is 16.7 Å². The van der Waals surface area contributed by atoms with E-state index in [4.69, 9.17) is 16.7 Å². The van der Waals surface area contributed by atoms with Crippen LogP contribution in [0, 0.1) is 0 Å². The fourth-order valence-corrected chi connectivity index (χ4v) is 6.83. The van der Waals surface area contributed by atoms with E-state index in [1.54, 1.807) is 0 Å². The fourth-order valence-electron chi connectivity index (χ4n) is 5.63. The van der Waals surface area contributed by atoms with Crippen molar-refractivity contribution in [2.24, 2.45) is 0 Å². The molecule has 5 aromatic carbocycles. The molecule has 0 radical (unpaired) electrons. The molecule has 0 unspecified atom stereocenters. The number of hydrogen-bond acceptors (Lipinski definition) is 10. The molecule has 7 rings (SSSR count). The van der Waals surface area contributed by atoms with Crippen LogP contribution >= 0.6 is 48.2 Å². The number of pyridine rings is 2. The summed E-state index contributed by atoms with van der Waals surface area (Å²) in [6.45, 7) is 0. The predicted octanol–water partition coefficient (Wildman–Crippen LogP) is 12.5. The van der Waals surface area contributed by atoms with Crippen molar-refractivity contribution in [3.63, 3.8) is 0 Å². The lowest BCUT2D eigenvalue weighted by Crippen LogP contribution is -2.06. The first-order valence-corrected chi connectivity index (χ1v) is 16.1. The molecule has 0 fully saturated rings. The van der Waals surface area contributed by atoms with Gasteiger partial charge in [-0.15, -0.1) is 0 Å². The van der Waals surface area contributed by atoms with Crippen molar-refractivity contribution in [2.45, 2.75) is 22.0 Å². The SMILES string of the molecule is FC(F)(F)SOc1nc(OSC(F)(F)F)c2ccc3c4ccc5c(OSC(F)(F)F)nc(OSC(F)(F)F)c6ccc(c7ccc1c2c73)c4c65. The maximum Gasteiger partial charge on any atom is 0.479 e. The number of hydrogen-bond donors (Lipinski definition) is 0. The summed E-state index contributed by atoms with van der Waals surface area (Å²) in [7, 11) is 0. The average molecular weight is 793 g/mol. The molecule has 50 heavy (non-hydrogen) atoms. The highest BCUT2D eigenvalue weighted by Crippen LogP contribution is 2.51. The van der Waals surface area contributed by atoms with Crippen molar-refractivity contribution in [1.82, 2.24) is 9.97 Å². The van der Waals surface area contributed by atoms with E-state index in [0.717, 1.165) is 0 Å². The average Bonchev–Trinajstić information content (AvgIpc) is 3.01. The minimum Gasteiger partial charge on any atom is -0.396 e. The van der Waals surface area contributed by atoms with Crippen LogP contribution in [0.1, 0.15) is 0 Å². The van der Waals surface area contributed by atoms with Crippen molar-refractivity contribution in [3.05, 3.63) is 48.5 Å². The van der Waals surface area contributed by atoms with Gasteiger partial charge in [0.1, 0.15) is 0 Å². The highest BCUT2D eigenvalue weighted by Gasteiger charge is 2.36. The first-order chi connectivity index (χ1) is 23.3. The monoisotopic (exact) mass is 792 g/mol. The molecule has 0 aliphatic heterocycles. The maximum atomic E-state index is 13.1. The Morgan fingerprint density at radius 2 is 0.500 bits per heavy atom. The number of fused-ring (bicyclic) bond motifs is 2. The Hall–Kier alpha value is -3.76. The third-order valence-corrected chi connectivity index (χ3v) is 8.81. The Morgan fingerprint density at radius 1 is 0.320 bits per heavy atom. The molecular weight excluding hydrogens is 785 g/mol. The Morgan fingerprint density at radius 3 is 0.700 bits per heavy atom. The lowest BCUT2D eigenvalue weighted by Gasteiger charge is -2.21. The second kappa shape index (κ2) is 11.9. The van der Waals surface area contributed by atoms with Crippen molar-refractivity contribution in [3.8, 4) is 23.5 Å². The van der Waals surface area contributed by atoms with Gasteiger partial charge in [-0.05, 0) is 56.6 Å². The topological polar surface area (TPSA) is 62.7 Å². The lowest BCUT2D eigenvalue weighted by atomic mass is 9.86. The molecule has 0 aliphatic carbocycles. The van der Waals surface area contributed by atoms with Crippen LogP contribution in [-0.4, -0.2) is 32.0 Å². The van der Waals surface area contributed by atoms with Crippen molar-refractivity contribution in [1.29, 1.82) is 0 Å². The summed E-state index contributed by atoms with van der Waals surface area (Å²) in [5.74, 6) is -2.85. The standard InChI is InChI=1S/C28H8F12N2O4S4/c29-25(30,31)47-43-21-13-5-1-9-10-2-6-15-20-16(24(46-50-28(38,39)40)42-23(15)45-49-27(35,36)37)8-4-12(18(10)20)11-3-7-14(19(13)17(9)11)22(41-21)44-48-26(32,33)34/h1-8H. The minimum absolute atomic E-state index is 0.0315. The Labute approximate surface area is 285 Å². The smallest absolute Gasteiger partial charge is 0.396 e. The predicted molar refractivity (Wildman–Crippen MR) is 167 cm³/mol. The zero-order chi connectivity index (χ0) is 36.0. The molecule has 6 nitrogen and oxygen atoms in total. The Balaban J connectivity index is 1.55. The molecule has 0 saturated carbocycles. The van der Waals surface area contributed by atoms with Gasteiger partial charge in [-0.25, -0.2) is 0 Å². The normalized spacial score (nSPS) is 13.5. The molecule has 22 heteroatoms. The third kappa shape index (κ3) is 6.57. The van der Waals surface area contributed by atoms with Gasteiger partial charge in [0.15, 0.2) is 48.2 Å². The zero-order valence-corrected chi connectivity index (χ0v) is 26.6. The number of rotatable bonds is 8. The van der Waals surface area contributed by atoms with E-state index in [-0.39, 0.29) is 32.3 Å². The molecule has 0 amide bonds. The van der Waals surface area contributed by atoms with Gasteiger partial charge in [0.05, 0.1) is 0 Å². The molecular formula is C28H8F12N2O4S4. The number of benzene rings is 5. The van der Waals surface area contributed by atoms with Gasteiger partial charge in [0.25, 0.3) is 0 Å². The first kappa shape index (κ1) is 34.7. The summed E-state index contributed by atoms with van der Waals surface area (Å²) in [5, 5.41) is 2.11. The van der Waals surface area contributed by atoms with Crippen LogP contribution in [0.5, 0.6) is 23.5 Å². The van der Waals surface area contributed by atoms with Gasteiger partial charge in [-0.2, -0.15) is 62.7 Å². The van der Waals surface area contributed by atoms with Crippen LogP contribution in [0.4, 0.5) is 52.7 Å². The molecule has 0 saturated heterocycles. The largest absolute Gasteiger partial charge is 0.479 e. The zero-order valence-electron chi connectivity index (χ0n) is 23.3. The molecule has 2 aromatic heterocycles. The molecule has 2 heterocycles. The summed E-state index contributed by atoms with van der Waals surface area (Å²) in [6, 6.07) is 11.1. The fraction of sp³-hybridized carbons (Fsp3) is 0.143. The van der Waals surface area contributed by atoms with Gasteiger partial charge in [-0.3, -0.25) is 0 Å². The molecule has 0 spiro atoms. The van der Waals surface area contributed by atoms with E-state index in [0.29, 0.717) is 32.3 Å². The number of nitrogens with zero attached hydrogens (tertiary/aromatic N) is 2. The molecule has 7 aromatic rings. The summed E-state index contributed by atoms with van der Waals surface area (Å²) >= 11 is -3.80. The second-order valence-corrected chi connectivity index (χ2v) is 13.2. The van der Waals surface area contributed by atoms with E-state index in [1.807, 2.05) is 0 Å². The Bertz CT molecular complexity index is 2100. The van der Waals surface area contributed by atoms with E-state index >= 15 is 0 Å². The minimum atomic E-state index is -4.92. The van der Waals surface area contributed by atoms with Gasteiger partial charge < -0.3 is 16.7 Å². The lowest BCUT2D eigenvalue weighted by molar-refractivity contribution is -0.0380. The van der Waals surface area contributed by atoms with E-state index in [2.05, 4.69) is 9.97 Å². The third-order valence-electron chi connectivity index (χ3n) is 7.09. The Kier molecular flexibility index (Phi) is 8.26. The molecule has 0 bridgehead atoms. The van der Waals surface area contributed by atoms with Gasteiger partial charge in [0, 0.05) is 32.3 Å². The van der Waals surface area contributed by atoms with Crippen molar-refractivity contribution in [2.75, 3.05) is 0 Å². The van der Waals surface area contributed by atoms with Crippen molar-refractivity contribution >= 4 is 113 Å². The van der Waals surface area contributed by atoms with Crippen LogP contribution in [0.15, 0.2) is 48.5 Å². The number of alkyl halides is 12. The molecule has 0 atom stereocenters. The van der Waals surface area contributed by atoms with Crippen LogP contribution in [0.3, 0.4) is 0 Å². The summed E-state index contributed by atoms with van der Waals surface area (Å²) < 4.78 is 177. The van der Waals surface area contributed by atoms with Gasteiger partial charge in [0.2, 0.25) is 23.5 Å². The highest BCUT2D eigenvalue weighted by atomic mass is 32.2. The molecule has 0 aliphatic rings. The van der Waals surface area contributed by atoms with Gasteiger partial charge in [-0.1, -0.05) is 24.3 Å². The molecule has 262 valence electrons. The summed E-state index contributed by atoms with van der Waals surface area (Å²) in [4.78, 5) is 7.62. The van der Waals surface area contributed by atoms with E-state index < -0.39 is 93.7 Å². The number of aromatic nitrogens is 2. The van der Waals surface area contributed by atoms with Gasteiger partial charge >= 0.3 is 22.0 Å². The van der Waals surface area contributed by atoms with E-state index in [9.17, 15) is 52.7 Å². The second-order valence-electron chi connectivity index (χ2n) is 10.0. The maximum absolute atomic E-state index is 13.1.